The highest BCUT2D eigenvalue weighted by atomic mass is 16.7. The van der Waals surface area contributed by atoms with Crippen LogP contribution in [-0.2, 0) is 23.7 Å². The van der Waals surface area contributed by atoms with Gasteiger partial charge in [-0.05, 0) is 32.1 Å². The number of carbonyl (C=O) groups is 1. The number of ether oxygens (including phenoxy) is 4. The zero-order valence-electron chi connectivity index (χ0n) is 61.0. The third-order valence-corrected chi connectivity index (χ3v) is 20.1. The molecule has 1 amide bonds. The van der Waals surface area contributed by atoms with E-state index in [9.17, 15) is 45.6 Å². The van der Waals surface area contributed by atoms with Gasteiger partial charge in [0.25, 0.3) is 0 Å². The van der Waals surface area contributed by atoms with E-state index in [4.69, 9.17) is 18.9 Å². The molecule has 2 aliphatic rings. The maximum atomic E-state index is 13.4. The zero-order chi connectivity index (χ0) is 68.0. The molecule has 12 atom stereocenters. The first kappa shape index (κ1) is 88.6. The van der Waals surface area contributed by atoms with Gasteiger partial charge in [-0.3, -0.25) is 4.79 Å². The highest BCUT2D eigenvalue weighted by Crippen LogP contribution is 2.30. The number of carbonyl (C=O) groups excluding carboxylic acids is 1. The molecule has 0 aliphatic carbocycles. The van der Waals surface area contributed by atoms with Crippen molar-refractivity contribution in [3.8, 4) is 0 Å². The Morgan fingerprint density at radius 1 is 0.372 bits per heavy atom. The fraction of sp³-hybridized carbons (Fsp3) is 0.938. The van der Waals surface area contributed by atoms with Gasteiger partial charge in [-0.2, -0.15) is 0 Å². The van der Waals surface area contributed by atoms with Crippen LogP contribution in [0.4, 0.5) is 0 Å². The molecule has 0 aromatic rings. The number of aliphatic hydroxyl groups excluding tert-OH is 8. The van der Waals surface area contributed by atoms with Crippen LogP contribution in [0.15, 0.2) is 24.3 Å². The second kappa shape index (κ2) is 64.8. The summed E-state index contributed by atoms with van der Waals surface area (Å²) >= 11 is 0. The van der Waals surface area contributed by atoms with Crippen LogP contribution in [-0.4, -0.2) is 140 Å². The second-order valence-electron chi connectivity index (χ2n) is 28.9. The lowest BCUT2D eigenvalue weighted by Gasteiger charge is -2.46. The van der Waals surface area contributed by atoms with Crippen molar-refractivity contribution in [3.63, 3.8) is 0 Å². The molecule has 12 unspecified atom stereocenters. The van der Waals surface area contributed by atoms with Gasteiger partial charge < -0.3 is 65.1 Å². The number of nitrogens with one attached hydrogen (secondary N) is 1. The lowest BCUT2D eigenvalue weighted by atomic mass is 9.97. The van der Waals surface area contributed by atoms with Crippen LogP contribution in [0.1, 0.15) is 386 Å². The summed E-state index contributed by atoms with van der Waals surface area (Å²) in [6, 6.07) is -0.930. The van der Waals surface area contributed by atoms with Crippen molar-refractivity contribution in [2.24, 2.45) is 0 Å². The number of aliphatic hydroxyl groups is 8. The van der Waals surface area contributed by atoms with Gasteiger partial charge in [0.1, 0.15) is 48.8 Å². The monoisotopic (exact) mass is 1340 g/mol. The van der Waals surface area contributed by atoms with Gasteiger partial charge in [0, 0.05) is 6.42 Å². The third kappa shape index (κ3) is 47.5. The van der Waals surface area contributed by atoms with Crippen LogP contribution in [0.5, 0.6) is 0 Å². The number of amides is 1. The molecule has 94 heavy (non-hydrogen) atoms. The average Bonchev–Trinajstić information content (AvgIpc) is 0.794. The van der Waals surface area contributed by atoms with Crippen LogP contribution in [0.25, 0.3) is 0 Å². The van der Waals surface area contributed by atoms with E-state index < -0.39 is 86.8 Å². The van der Waals surface area contributed by atoms with Crippen molar-refractivity contribution in [2.45, 2.75) is 460 Å². The Bertz CT molecular complexity index is 1670. The molecule has 0 spiro atoms. The molecule has 2 fully saturated rings. The quantitative estimate of drug-likeness (QED) is 0.0204. The van der Waals surface area contributed by atoms with Crippen LogP contribution in [0.2, 0.25) is 0 Å². The molecule has 2 heterocycles. The van der Waals surface area contributed by atoms with Gasteiger partial charge in [-0.25, -0.2) is 0 Å². The van der Waals surface area contributed by atoms with Gasteiger partial charge in [-0.15, -0.1) is 0 Å². The van der Waals surface area contributed by atoms with E-state index in [0.29, 0.717) is 12.8 Å². The van der Waals surface area contributed by atoms with E-state index in [1.54, 1.807) is 6.08 Å². The maximum Gasteiger partial charge on any atom is 0.220 e. The molecule has 556 valence electrons. The molecular formula is C80H153NO13. The summed E-state index contributed by atoms with van der Waals surface area (Å²) in [5.74, 6) is -0.240. The Morgan fingerprint density at radius 2 is 0.681 bits per heavy atom. The van der Waals surface area contributed by atoms with E-state index in [0.717, 1.165) is 32.1 Å². The molecular weight excluding hydrogens is 1180 g/mol. The lowest BCUT2D eigenvalue weighted by Crippen LogP contribution is -2.65. The predicted molar refractivity (Wildman–Crippen MR) is 388 cm³/mol. The summed E-state index contributed by atoms with van der Waals surface area (Å²) in [6.45, 7) is 2.85. The van der Waals surface area contributed by atoms with Crippen molar-refractivity contribution in [3.05, 3.63) is 24.3 Å². The van der Waals surface area contributed by atoms with E-state index >= 15 is 0 Å². The molecule has 0 saturated carbocycles. The minimum Gasteiger partial charge on any atom is -0.394 e. The van der Waals surface area contributed by atoms with Crippen molar-refractivity contribution in [2.75, 3.05) is 19.8 Å². The smallest absolute Gasteiger partial charge is 0.220 e. The molecule has 2 saturated heterocycles. The second-order valence-corrected chi connectivity index (χ2v) is 28.9. The Kier molecular flexibility index (Phi) is 61.1. The van der Waals surface area contributed by atoms with Crippen molar-refractivity contribution in [1.29, 1.82) is 0 Å². The Labute approximate surface area is 577 Å². The maximum absolute atomic E-state index is 13.4. The first-order valence-corrected chi connectivity index (χ1v) is 40.6. The molecule has 9 N–H and O–H groups in total. The van der Waals surface area contributed by atoms with Crippen LogP contribution in [0, 0.1) is 0 Å². The zero-order valence-corrected chi connectivity index (χ0v) is 61.0. The third-order valence-electron chi connectivity index (χ3n) is 20.1. The van der Waals surface area contributed by atoms with Crippen molar-refractivity contribution in [1.82, 2.24) is 5.32 Å². The van der Waals surface area contributed by atoms with Gasteiger partial charge in [0.05, 0.1) is 32.0 Å². The lowest BCUT2D eigenvalue weighted by molar-refractivity contribution is -0.359. The largest absolute Gasteiger partial charge is 0.394 e. The minimum atomic E-state index is -1.79. The highest BCUT2D eigenvalue weighted by molar-refractivity contribution is 5.76. The number of unbranched alkanes of at least 4 members (excludes halogenated alkanes) is 54. The summed E-state index contributed by atoms with van der Waals surface area (Å²) in [5.41, 5.74) is 0. The van der Waals surface area contributed by atoms with Gasteiger partial charge in [-0.1, -0.05) is 372 Å². The first-order valence-electron chi connectivity index (χ1n) is 40.6. The first-order chi connectivity index (χ1) is 46.1. The number of rotatable bonds is 69. The van der Waals surface area contributed by atoms with Crippen LogP contribution >= 0.6 is 0 Å². The molecule has 0 bridgehead atoms. The van der Waals surface area contributed by atoms with E-state index in [1.165, 1.54) is 321 Å². The van der Waals surface area contributed by atoms with Gasteiger partial charge in [0.2, 0.25) is 5.91 Å². The SMILES string of the molecule is CCCCCCCCCCCCCCCC/C=C/CC/C=C/C(O)C(COC1OC(CO)C(OC2OC(CO)C(O)C(O)C2O)C(O)C1O)NC(=O)CCCCCCCCCCCCCCCCCCCCCCCCCCCCCCCCCCCCCCCCCC. The van der Waals surface area contributed by atoms with Crippen LogP contribution < -0.4 is 5.32 Å². The fourth-order valence-corrected chi connectivity index (χ4v) is 13.7. The molecule has 0 aromatic carbocycles. The Balaban J connectivity index is 1.56. The standard InChI is InChI=1S/C80H153NO13/c1-3-5-7-9-11-13-15-17-19-21-23-25-26-27-28-29-30-31-32-33-34-35-36-37-38-39-40-41-42-43-44-46-48-50-52-54-56-58-60-62-64-72(85)81-68(69(84)63-61-59-57-55-53-51-49-47-45-24-22-20-18-16-14-12-10-8-6-4-2)67-91-79-77(90)75(88)78(71(66-83)93-79)94-80-76(89)74(87)73(86)70(65-82)92-80/h53,55,61,63,68-71,73-80,82-84,86-90H,3-52,54,56-60,62,64-67H2,1-2H3,(H,81,85)/b55-53+,63-61+. The van der Waals surface area contributed by atoms with E-state index in [-0.39, 0.29) is 18.9 Å². The Hall–Kier alpha value is -1.53. The summed E-state index contributed by atoms with van der Waals surface area (Å²) in [7, 11) is 0. The Morgan fingerprint density at radius 3 is 1.04 bits per heavy atom. The van der Waals surface area contributed by atoms with E-state index in [1.807, 2.05) is 6.08 Å². The number of hydrogen-bond donors (Lipinski definition) is 9. The molecule has 2 aliphatic heterocycles. The van der Waals surface area contributed by atoms with Gasteiger partial charge >= 0.3 is 0 Å². The summed E-state index contributed by atoms with van der Waals surface area (Å²) in [4.78, 5) is 13.4. The number of allylic oxidation sites excluding steroid dienone is 3. The molecule has 0 aromatic heterocycles. The fourth-order valence-electron chi connectivity index (χ4n) is 13.7. The summed E-state index contributed by atoms with van der Waals surface area (Å²) in [6.07, 6.45) is 67.2. The molecule has 2 rings (SSSR count). The summed E-state index contributed by atoms with van der Waals surface area (Å²) < 4.78 is 22.9. The van der Waals surface area contributed by atoms with Crippen molar-refractivity contribution >= 4 is 5.91 Å². The minimum absolute atomic E-state index is 0.240. The van der Waals surface area contributed by atoms with Crippen molar-refractivity contribution < 1.29 is 64.6 Å². The van der Waals surface area contributed by atoms with Crippen LogP contribution in [0.3, 0.4) is 0 Å². The molecule has 14 nitrogen and oxygen atoms in total. The molecule has 0 radical (unpaired) electrons. The highest BCUT2D eigenvalue weighted by Gasteiger charge is 2.51. The topological polar surface area (TPSA) is 228 Å². The molecule has 14 heteroatoms. The van der Waals surface area contributed by atoms with E-state index in [2.05, 4.69) is 31.3 Å². The number of hydrogen-bond acceptors (Lipinski definition) is 13. The average molecular weight is 1340 g/mol. The summed E-state index contributed by atoms with van der Waals surface area (Å²) in [5, 5.41) is 87.5. The normalized spacial score (nSPS) is 22.5. The van der Waals surface area contributed by atoms with Gasteiger partial charge in [0.15, 0.2) is 12.6 Å². The predicted octanol–water partition coefficient (Wildman–Crippen LogP) is 18.3.